The summed E-state index contributed by atoms with van der Waals surface area (Å²) in [5.74, 6) is 0.468. The Hall–Kier alpha value is -0.450. The second kappa shape index (κ2) is 5.05. The van der Waals surface area contributed by atoms with Gasteiger partial charge in [-0.2, -0.15) is 0 Å². The van der Waals surface area contributed by atoms with Crippen LogP contribution in [-0.2, 0) is 6.54 Å². The van der Waals surface area contributed by atoms with Crippen LogP contribution in [0.1, 0.15) is 12.0 Å². The Morgan fingerprint density at radius 2 is 2.47 bits per heavy atom. The smallest absolute Gasteiger partial charge is 0.106 e. The zero-order chi connectivity index (χ0) is 10.7. The van der Waals surface area contributed by atoms with E-state index >= 15 is 0 Å². The van der Waals surface area contributed by atoms with E-state index in [0.717, 1.165) is 30.7 Å². The molecular formula is C11H15BrN2O. The normalized spacial score (nSPS) is 22.1. The fourth-order valence-corrected chi connectivity index (χ4v) is 2.42. The summed E-state index contributed by atoms with van der Waals surface area (Å²) in [5.41, 5.74) is 1.27. The number of pyridine rings is 1. The number of aliphatic hydroxyl groups excluding tert-OH is 1. The molecule has 0 radical (unpaired) electrons. The second-order valence-corrected chi connectivity index (χ2v) is 4.87. The molecule has 15 heavy (non-hydrogen) atoms. The van der Waals surface area contributed by atoms with Crippen molar-refractivity contribution < 1.29 is 5.11 Å². The van der Waals surface area contributed by atoms with Gasteiger partial charge in [0.1, 0.15) is 4.60 Å². The molecule has 82 valence electrons. The van der Waals surface area contributed by atoms with Crippen molar-refractivity contribution in [1.82, 2.24) is 9.88 Å². The SMILES string of the molecule is OC[C@H]1CCN(Cc2ccnc(Br)c2)C1. The first-order chi connectivity index (χ1) is 7.28. The molecule has 0 aromatic carbocycles. The molecule has 1 saturated heterocycles. The third-order valence-electron chi connectivity index (χ3n) is 2.83. The molecule has 0 amide bonds. The molecule has 1 aliphatic heterocycles. The Balaban J connectivity index is 1.92. The van der Waals surface area contributed by atoms with Crippen molar-refractivity contribution in [2.45, 2.75) is 13.0 Å². The van der Waals surface area contributed by atoms with Crippen molar-refractivity contribution in [3.8, 4) is 0 Å². The highest BCUT2D eigenvalue weighted by atomic mass is 79.9. The molecule has 1 aliphatic rings. The summed E-state index contributed by atoms with van der Waals surface area (Å²) in [6.45, 7) is 3.37. The second-order valence-electron chi connectivity index (χ2n) is 4.06. The van der Waals surface area contributed by atoms with Crippen molar-refractivity contribution in [2.24, 2.45) is 5.92 Å². The molecule has 1 fully saturated rings. The van der Waals surface area contributed by atoms with E-state index in [2.05, 4.69) is 25.8 Å². The Morgan fingerprint density at radius 3 is 3.13 bits per heavy atom. The lowest BCUT2D eigenvalue weighted by Crippen LogP contribution is -2.20. The summed E-state index contributed by atoms with van der Waals surface area (Å²) < 4.78 is 0.887. The first-order valence-electron chi connectivity index (χ1n) is 5.21. The van der Waals surface area contributed by atoms with E-state index < -0.39 is 0 Å². The van der Waals surface area contributed by atoms with Gasteiger partial charge in [0.05, 0.1) is 0 Å². The van der Waals surface area contributed by atoms with E-state index in [4.69, 9.17) is 5.11 Å². The summed E-state index contributed by atoms with van der Waals surface area (Å²) in [5, 5.41) is 9.05. The van der Waals surface area contributed by atoms with Gasteiger partial charge in [0.15, 0.2) is 0 Å². The van der Waals surface area contributed by atoms with Crippen LogP contribution < -0.4 is 0 Å². The minimum Gasteiger partial charge on any atom is -0.396 e. The van der Waals surface area contributed by atoms with Gasteiger partial charge in [-0.05, 0) is 52.5 Å². The molecule has 0 aliphatic carbocycles. The predicted octanol–water partition coefficient (Wildman–Crippen LogP) is 1.66. The van der Waals surface area contributed by atoms with E-state index in [-0.39, 0.29) is 0 Å². The molecule has 1 aromatic rings. The monoisotopic (exact) mass is 270 g/mol. The van der Waals surface area contributed by atoms with Crippen LogP contribution >= 0.6 is 15.9 Å². The Bertz CT molecular complexity index is 332. The maximum atomic E-state index is 9.05. The quantitative estimate of drug-likeness (QED) is 0.849. The van der Waals surface area contributed by atoms with Crippen LogP contribution in [0.25, 0.3) is 0 Å². The predicted molar refractivity (Wildman–Crippen MR) is 62.4 cm³/mol. The van der Waals surface area contributed by atoms with Gasteiger partial charge in [-0.1, -0.05) is 0 Å². The molecule has 2 heterocycles. The molecule has 0 spiro atoms. The van der Waals surface area contributed by atoms with Crippen LogP contribution in [0.15, 0.2) is 22.9 Å². The molecule has 1 atom stereocenters. The van der Waals surface area contributed by atoms with Crippen LogP contribution in [0.5, 0.6) is 0 Å². The third-order valence-corrected chi connectivity index (χ3v) is 3.26. The van der Waals surface area contributed by atoms with Gasteiger partial charge in [-0.25, -0.2) is 4.98 Å². The standard InChI is InChI=1S/C11H15BrN2O/c12-11-5-9(1-3-13-11)6-14-4-2-10(7-14)8-15/h1,3,5,10,15H,2,4,6-8H2/t10-/m0/s1. The molecule has 0 saturated carbocycles. The van der Waals surface area contributed by atoms with Gasteiger partial charge >= 0.3 is 0 Å². The largest absolute Gasteiger partial charge is 0.396 e. The lowest BCUT2D eigenvalue weighted by molar-refractivity contribution is 0.220. The number of halogens is 1. The van der Waals surface area contributed by atoms with Crippen molar-refractivity contribution in [3.63, 3.8) is 0 Å². The number of aliphatic hydroxyl groups is 1. The van der Waals surface area contributed by atoms with Crippen LogP contribution in [0.4, 0.5) is 0 Å². The van der Waals surface area contributed by atoms with Crippen molar-refractivity contribution >= 4 is 15.9 Å². The number of nitrogens with zero attached hydrogens (tertiary/aromatic N) is 2. The van der Waals surface area contributed by atoms with E-state index in [1.165, 1.54) is 5.56 Å². The van der Waals surface area contributed by atoms with Gasteiger partial charge in [-0.3, -0.25) is 4.90 Å². The third kappa shape index (κ3) is 3.00. The zero-order valence-electron chi connectivity index (χ0n) is 8.56. The average molecular weight is 271 g/mol. The van der Waals surface area contributed by atoms with Crippen molar-refractivity contribution in [3.05, 3.63) is 28.5 Å². The fraction of sp³-hybridized carbons (Fsp3) is 0.545. The fourth-order valence-electron chi connectivity index (χ4n) is 2.00. The molecule has 0 unspecified atom stereocenters. The topological polar surface area (TPSA) is 36.4 Å². The summed E-state index contributed by atoms with van der Waals surface area (Å²) in [4.78, 5) is 6.48. The average Bonchev–Trinajstić information content (AvgIpc) is 2.65. The van der Waals surface area contributed by atoms with Gasteiger partial charge in [0.2, 0.25) is 0 Å². The Labute approximate surface area is 98.3 Å². The number of rotatable bonds is 3. The summed E-state index contributed by atoms with van der Waals surface area (Å²) in [6, 6.07) is 4.09. The summed E-state index contributed by atoms with van der Waals surface area (Å²) in [7, 11) is 0. The van der Waals surface area contributed by atoms with Gasteiger partial charge in [0, 0.05) is 25.9 Å². The number of aromatic nitrogens is 1. The Morgan fingerprint density at radius 1 is 1.60 bits per heavy atom. The molecule has 1 N–H and O–H groups in total. The van der Waals surface area contributed by atoms with Gasteiger partial charge in [-0.15, -0.1) is 0 Å². The number of hydrogen-bond donors (Lipinski definition) is 1. The Kier molecular flexibility index (Phi) is 3.72. The van der Waals surface area contributed by atoms with Crippen molar-refractivity contribution in [1.29, 1.82) is 0 Å². The van der Waals surface area contributed by atoms with Crippen LogP contribution in [-0.4, -0.2) is 34.7 Å². The minimum absolute atomic E-state index is 0.316. The van der Waals surface area contributed by atoms with E-state index in [1.807, 2.05) is 18.3 Å². The first kappa shape index (κ1) is 11.0. The van der Waals surface area contributed by atoms with Gasteiger partial charge in [0.25, 0.3) is 0 Å². The molecule has 4 heteroatoms. The molecular weight excluding hydrogens is 256 g/mol. The highest BCUT2D eigenvalue weighted by molar-refractivity contribution is 9.10. The zero-order valence-corrected chi connectivity index (χ0v) is 10.2. The van der Waals surface area contributed by atoms with E-state index in [9.17, 15) is 0 Å². The van der Waals surface area contributed by atoms with E-state index in [1.54, 1.807) is 0 Å². The van der Waals surface area contributed by atoms with Crippen LogP contribution in [0.3, 0.4) is 0 Å². The maximum absolute atomic E-state index is 9.05. The van der Waals surface area contributed by atoms with Gasteiger partial charge < -0.3 is 5.11 Å². The number of hydrogen-bond acceptors (Lipinski definition) is 3. The molecule has 3 nitrogen and oxygen atoms in total. The highest BCUT2D eigenvalue weighted by Gasteiger charge is 2.21. The first-order valence-corrected chi connectivity index (χ1v) is 6.01. The van der Waals surface area contributed by atoms with Crippen LogP contribution in [0, 0.1) is 5.92 Å². The summed E-state index contributed by atoms with van der Waals surface area (Å²) >= 11 is 3.37. The lowest BCUT2D eigenvalue weighted by Gasteiger charge is -2.15. The maximum Gasteiger partial charge on any atom is 0.106 e. The molecule has 1 aromatic heterocycles. The highest BCUT2D eigenvalue weighted by Crippen LogP contribution is 2.18. The van der Waals surface area contributed by atoms with Crippen LogP contribution in [0.2, 0.25) is 0 Å². The lowest BCUT2D eigenvalue weighted by atomic mass is 10.1. The number of likely N-dealkylation sites (tertiary alicyclic amines) is 1. The molecule has 0 bridgehead atoms. The molecule has 2 rings (SSSR count). The van der Waals surface area contributed by atoms with Crippen molar-refractivity contribution in [2.75, 3.05) is 19.7 Å². The minimum atomic E-state index is 0.316. The van der Waals surface area contributed by atoms with E-state index in [0.29, 0.717) is 12.5 Å². The summed E-state index contributed by atoms with van der Waals surface area (Å²) in [6.07, 6.45) is 2.93.